The highest BCUT2D eigenvalue weighted by Crippen LogP contribution is 2.65. The van der Waals surface area contributed by atoms with E-state index >= 15 is 0 Å². The molecular formula is C26H38O8. The summed E-state index contributed by atoms with van der Waals surface area (Å²) in [6.45, 7) is 8.81. The number of hydrogen-bond donors (Lipinski definition) is 2. The van der Waals surface area contributed by atoms with Gasteiger partial charge in [0, 0.05) is 12.5 Å². The topological polar surface area (TPSA) is 104 Å². The van der Waals surface area contributed by atoms with E-state index < -0.39 is 46.5 Å². The predicted molar refractivity (Wildman–Crippen MR) is 123 cm³/mol. The van der Waals surface area contributed by atoms with E-state index in [1.165, 1.54) is 0 Å². The zero-order chi connectivity index (χ0) is 24.8. The van der Waals surface area contributed by atoms with Crippen molar-refractivity contribution in [3.8, 4) is 0 Å². The molecular weight excluding hydrogens is 440 g/mol. The first-order valence-corrected chi connectivity index (χ1v) is 12.0. The van der Waals surface area contributed by atoms with Crippen LogP contribution >= 0.6 is 0 Å². The van der Waals surface area contributed by atoms with Crippen LogP contribution in [0.1, 0.15) is 57.3 Å². The van der Waals surface area contributed by atoms with Crippen LogP contribution in [0.3, 0.4) is 0 Å². The minimum absolute atomic E-state index is 0.0433. The summed E-state index contributed by atoms with van der Waals surface area (Å²) in [7, 11) is 1.61. The van der Waals surface area contributed by atoms with Crippen LogP contribution in [0, 0.1) is 16.7 Å². The summed E-state index contributed by atoms with van der Waals surface area (Å²) < 4.78 is 29.1. The third-order valence-electron chi connectivity index (χ3n) is 8.35. The smallest absolute Gasteiger partial charge is 0.338 e. The zero-order valence-corrected chi connectivity index (χ0v) is 20.8. The summed E-state index contributed by atoms with van der Waals surface area (Å²) >= 11 is 0. The average molecular weight is 479 g/mol. The summed E-state index contributed by atoms with van der Waals surface area (Å²) in [4.78, 5) is 13.0. The van der Waals surface area contributed by atoms with Crippen LogP contribution in [0.5, 0.6) is 0 Å². The molecule has 4 rings (SSSR count). The zero-order valence-electron chi connectivity index (χ0n) is 20.8. The minimum Gasteiger partial charge on any atom is -0.453 e. The van der Waals surface area contributed by atoms with Crippen LogP contribution in [-0.2, 0) is 23.7 Å². The molecule has 0 unspecified atom stereocenters. The van der Waals surface area contributed by atoms with E-state index in [9.17, 15) is 15.0 Å². The van der Waals surface area contributed by atoms with Crippen molar-refractivity contribution >= 4 is 5.97 Å². The molecule has 1 aromatic carbocycles. The standard InChI is InChI=1S/C26H38O8/c1-23(2)15-19(33-22(27)17-9-7-6-8-10-17)26(29)25(28)12-11-18(24(25,3)4)20(34-26)21(23)32-16-31-14-13-30-5/h6-10,18-21,28-29H,11-16H2,1-5H3/t18-,19-,20-,21-,25+,26-/m1/s1. The molecule has 2 aliphatic heterocycles. The summed E-state index contributed by atoms with van der Waals surface area (Å²) in [5.74, 6) is -2.70. The molecule has 2 N–H and O–H groups in total. The molecule has 2 heterocycles. The predicted octanol–water partition coefficient (Wildman–Crippen LogP) is 2.90. The summed E-state index contributed by atoms with van der Waals surface area (Å²) in [5, 5.41) is 23.9. The number of methoxy groups -OCH3 is 1. The van der Waals surface area contributed by atoms with Gasteiger partial charge in [-0.25, -0.2) is 4.79 Å². The third kappa shape index (κ3) is 3.98. The number of benzene rings is 1. The van der Waals surface area contributed by atoms with Crippen LogP contribution in [0.2, 0.25) is 0 Å². The number of ether oxygens (including phenoxy) is 5. The molecule has 6 atom stereocenters. The lowest BCUT2D eigenvalue weighted by Crippen LogP contribution is -2.72. The number of fused-ring (bicyclic) bond motifs is 6. The molecule has 0 spiro atoms. The fourth-order valence-electron chi connectivity index (χ4n) is 6.28. The Morgan fingerprint density at radius 1 is 1.12 bits per heavy atom. The molecule has 8 heteroatoms. The van der Waals surface area contributed by atoms with Crippen molar-refractivity contribution in [3.63, 3.8) is 0 Å². The highest BCUT2D eigenvalue weighted by Gasteiger charge is 2.76. The monoisotopic (exact) mass is 478 g/mol. The van der Waals surface area contributed by atoms with Gasteiger partial charge in [0.15, 0.2) is 6.10 Å². The fourth-order valence-corrected chi connectivity index (χ4v) is 6.28. The number of rotatable bonds is 8. The maximum atomic E-state index is 13.0. The molecule has 8 nitrogen and oxygen atoms in total. The second-order valence-corrected chi connectivity index (χ2v) is 11.1. The molecule has 2 saturated heterocycles. The summed E-state index contributed by atoms with van der Waals surface area (Å²) in [6, 6.07) is 8.63. The van der Waals surface area contributed by atoms with Gasteiger partial charge < -0.3 is 33.9 Å². The molecule has 1 saturated carbocycles. The van der Waals surface area contributed by atoms with Crippen LogP contribution in [0.15, 0.2) is 30.3 Å². The number of carbonyl (C=O) groups is 1. The molecule has 1 aliphatic carbocycles. The lowest BCUT2D eigenvalue weighted by molar-refractivity contribution is -0.400. The van der Waals surface area contributed by atoms with Crippen molar-refractivity contribution in [1.29, 1.82) is 0 Å². The van der Waals surface area contributed by atoms with Crippen LogP contribution in [-0.4, -0.2) is 73.0 Å². The SMILES string of the molecule is COCCOCO[C@@H]1[C@@H]2O[C@](O)([C@H](OC(=O)c3ccccc3)CC1(C)C)[C@]1(O)CC[C@H]2C1(C)C. The lowest BCUT2D eigenvalue weighted by Gasteiger charge is -2.57. The molecule has 0 aromatic heterocycles. The lowest BCUT2D eigenvalue weighted by atomic mass is 9.63. The number of aliphatic hydroxyl groups is 2. The van der Waals surface area contributed by atoms with Gasteiger partial charge in [0.25, 0.3) is 0 Å². The van der Waals surface area contributed by atoms with Gasteiger partial charge in [-0.1, -0.05) is 45.9 Å². The molecule has 1 aromatic rings. The van der Waals surface area contributed by atoms with Gasteiger partial charge in [-0.15, -0.1) is 0 Å². The van der Waals surface area contributed by atoms with Gasteiger partial charge in [-0.2, -0.15) is 0 Å². The maximum absolute atomic E-state index is 13.0. The number of carbonyl (C=O) groups excluding carboxylic acids is 1. The van der Waals surface area contributed by atoms with E-state index in [0.717, 1.165) is 0 Å². The first-order valence-electron chi connectivity index (χ1n) is 12.0. The van der Waals surface area contributed by atoms with Crippen molar-refractivity contribution in [1.82, 2.24) is 0 Å². The first-order chi connectivity index (χ1) is 16.0. The molecule has 34 heavy (non-hydrogen) atoms. The van der Waals surface area contributed by atoms with Crippen molar-refractivity contribution in [2.24, 2.45) is 16.7 Å². The fraction of sp³-hybridized carbons (Fsp3) is 0.731. The van der Waals surface area contributed by atoms with Gasteiger partial charge >= 0.3 is 5.97 Å². The van der Waals surface area contributed by atoms with Gasteiger partial charge in [0.2, 0.25) is 5.79 Å². The maximum Gasteiger partial charge on any atom is 0.338 e. The number of esters is 1. The second kappa shape index (κ2) is 9.15. The molecule has 0 radical (unpaired) electrons. The van der Waals surface area contributed by atoms with E-state index in [0.29, 0.717) is 31.6 Å². The Morgan fingerprint density at radius 3 is 2.50 bits per heavy atom. The minimum atomic E-state index is -2.08. The van der Waals surface area contributed by atoms with E-state index in [-0.39, 0.29) is 19.1 Å². The van der Waals surface area contributed by atoms with Gasteiger partial charge in [0.1, 0.15) is 12.4 Å². The Kier molecular flexibility index (Phi) is 6.87. The van der Waals surface area contributed by atoms with E-state index in [4.69, 9.17) is 23.7 Å². The van der Waals surface area contributed by atoms with E-state index in [1.54, 1.807) is 31.4 Å². The Morgan fingerprint density at radius 2 is 1.82 bits per heavy atom. The molecule has 0 amide bonds. The van der Waals surface area contributed by atoms with E-state index in [2.05, 4.69) is 0 Å². The average Bonchev–Trinajstić information content (AvgIpc) is 2.90. The Bertz CT molecular complexity index is 871. The normalized spacial score (nSPS) is 37.7. The van der Waals surface area contributed by atoms with Crippen molar-refractivity contribution < 1.29 is 38.7 Å². The number of hydrogen-bond acceptors (Lipinski definition) is 8. The van der Waals surface area contributed by atoms with Crippen LogP contribution in [0.4, 0.5) is 0 Å². The first kappa shape index (κ1) is 25.5. The molecule has 4 bridgehead atoms. The second-order valence-electron chi connectivity index (χ2n) is 11.1. The van der Waals surface area contributed by atoms with Crippen molar-refractivity contribution in [2.45, 2.75) is 76.7 Å². The van der Waals surface area contributed by atoms with Crippen LogP contribution in [0.25, 0.3) is 0 Å². The molecule has 190 valence electrons. The largest absolute Gasteiger partial charge is 0.453 e. The Hall–Kier alpha value is -1.55. The third-order valence-corrected chi connectivity index (χ3v) is 8.35. The van der Waals surface area contributed by atoms with Crippen LogP contribution < -0.4 is 0 Å². The van der Waals surface area contributed by atoms with Crippen molar-refractivity contribution in [2.75, 3.05) is 27.1 Å². The molecule has 3 aliphatic rings. The highest BCUT2D eigenvalue weighted by atomic mass is 16.7. The van der Waals surface area contributed by atoms with E-state index in [1.807, 2.05) is 33.8 Å². The summed E-state index contributed by atoms with van der Waals surface area (Å²) in [6.07, 6.45) is -0.806. The van der Waals surface area contributed by atoms with Gasteiger partial charge in [0.05, 0.1) is 31.0 Å². The van der Waals surface area contributed by atoms with Gasteiger partial charge in [-0.3, -0.25) is 0 Å². The quantitative estimate of drug-likeness (QED) is 0.334. The Balaban J connectivity index is 1.68. The summed E-state index contributed by atoms with van der Waals surface area (Å²) in [5.41, 5.74) is -2.46. The Labute approximate surface area is 201 Å². The highest BCUT2D eigenvalue weighted by molar-refractivity contribution is 5.89. The molecule has 3 fully saturated rings. The van der Waals surface area contributed by atoms with Gasteiger partial charge in [-0.05, 0) is 42.7 Å². The van der Waals surface area contributed by atoms with Crippen molar-refractivity contribution in [3.05, 3.63) is 35.9 Å².